The minimum Gasteiger partial charge on any atom is -0.469 e. The van der Waals surface area contributed by atoms with E-state index in [9.17, 15) is 9.59 Å². The summed E-state index contributed by atoms with van der Waals surface area (Å²) in [4.78, 5) is 22.2. The Morgan fingerprint density at radius 2 is 2.31 bits per heavy atom. The third-order valence-electron chi connectivity index (χ3n) is 2.34. The summed E-state index contributed by atoms with van der Waals surface area (Å²) >= 11 is 0. The van der Waals surface area contributed by atoms with Crippen LogP contribution in [-0.2, 0) is 19.1 Å². The first-order valence-corrected chi connectivity index (χ1v) is 4.32. The van der Waals surface area contributed by atoms with Crippen LogP contribution in [0.5, 0.6) is 0 Å². The molecule has 0 saturated carbocycles. The second kappa shape index (κ2) is 3.77. The van der Waals surface area contributed by atoms with Crippen LogP contribution >= 0.6 is 0 Å². The summed E-state index contributed by atoms with van der Waals surface area (Å²) in [6, 6.07) is 0. The quantitative estimate of drug-likeness (QED) is 0.571. The zero-order valence-corrected chi connectivity index (χ0v) is 7.96. The fourth-order valence-electron chi connectivity index (χ4n) is 1.41. The molecule has 4 heteroatoms. The Kier molecular flexibility index (Phi) is 2.90. The van der Waals surface area contributed by atoms with E-state index in [2.05, 4.69) is 4.74 Å². The van der Waals surface area contributed by atoms with Crippen molar-refractivity contribution >= 4 is 11.9 Å². The van der Waals surface area contributed by atoms with Crippen LogP contribution in [0.2, 0.25) is 0 Å². The molecule has 0 aromatic heterocycles. The summed E-state index contributed by atoms with van der Waals surface area (Å²) in [5.74, 6) is -0.533. The molecule has 1 unspecified atom stereocenters. The van der Waals surface area contributed by atoms with Gasteiger partial charge in [-0.3, -0.25) is 9.59 Å². The van der Waals surface area contributed by atoms with Gasteiger partial charge in [0.15, 0.2) is 0 Å². The Hall–Kier alpha value is -1.06. The first-order valence-electron chi connectivity index (χ1n) is 4.32. The van der Waals surface area contributed by atoms with E-state index in [4.69, 9.17) is 4.74 Å². The van der Waals surface area contributed by atoms with E-state index >= 15 is 0 Å². The third kappa shape index (κ3) is 2.20. The number of methoxy groups -OCH3 is 1. The molecule has 74 valence electrons. The van der Waals surface area contributed by atoms with Gasteiger partial charge in [-0.1, -0.05) is 0 Å². The van der Waals surface area contributed by atoms with E-state index in [0.717, 1.165) is 0 Å². The van der Waals surface area contributed by atoms with Crippen LogP contribution in [0.15, 0.2) is 0 Å². The maximum Gasteiger partial charge on any atom is 0.314 e. The number of rotatable bonds is 1. The molecule has 0 N–H and O–H groups in total. The van der Waals surface area contributed by atoms with Crippen molar-refractivity contribution in [1.29, 1.82) is 0 Å². The lowest BCUT2D eigenvalue weighted by Gasteiger charge is -2.22. The number of cyclic esters (lactones) is 1. The van der Waals surface area contributed by atoms with Gasteiger partial charge in [-0.25, -0.2) is 0 Å². The SMILES string of the molecule is COC(=O)C1(C)CCCC(=O)OC1. The van der Waals surface area contributed by atoms with Gasteiger partial charge >= 0.3 is 11.9 Å². The Morgan fingerprint density at radius 1 is 1.62 bits per heavy atom. The molecular formula is C9H14O4. The molecule has 0 aromatic carbocycles. The number of esters is 2. The zero-order valence-electron chi connectivity index (χ0n) is 7.96. The molecule has 1 saturated heterocycles. The van der Waals surface area contributed by atoms with Crippen LogP contribution in [-0.4, -0.2) is 25.7 Å². The van der Waals surface area contributed by atoms with E-state index in [-0.39, 0.29) is 18.5 Å². The standard InChI is InChI=1S/C9H14O4/c1-9(8(11)12-2)5-3-4-7(10)13-6-9/h3-6H2,1-2H3. The summed E-state index contributed by atoms with van der Waals surface area (Å²) in [5.41, 5.74) is -0.652. The Balaban J connectivity index is 2.67. The fraction of sp³-hybridized carbons (Fsp3) is 0.778. The molecular weight excluding hydrogens is 172 g/mol. The van der Waals surface area contributed by atoms with Gasteiger partial charge in [-0.2, -0.15) is 0 Å². The first kappa shape index (κ1) is 10.0. The summed E-state index contributed by atoms with van der Waals surface area (Å²) < 4.78 is 9.55. The summed E-state index contributed by atoms with van der Waals surface area (Å²) in [5, 5.41) is 0. The number of hydrogen-bond donors (Lipinski definition) is 0. The summed E-state index contributed by atoms with van der Waals surface area (Å²) in [6.45, 7) is 1.90. The fourth-order valence-corrected chi connectivity index (χ4v) is 1.41. The highest BCUT2D eigenvalue weighted by molar-refractivity contribution is 5.78. The van der Waals surface area contributed by atoms with Gasteiger partial charge in [0, 0.05) is 6.42 Å². The number of carbonyl (C=O) groups excluding carboxylic acids is 2. The van der Waals surface area contributed by atoms with Gasteiger partial charge in [0.1, 0.15) is 6.61 Å². The van der Waals surface area contributed by atoms with E-state index in [1.54, 1.807) is 6.92 Å². The Morgan fingerprint density at radius 3 is 2.92 bits per heavy atom. The molecule has 0 bridgehead atoms. The van der Waals surface area contributed by atoms with Gasteiger partial charge in [-0.05, 0) is 19.8 Å². The monoisotopic (exact) mass is 186 g/mol. The van der Waals surface area contributed by atoms with Gasteiger partial charge in [-0.15, -0.1) is 0 Å². The molecule has 1 heterocycles. The highest BCUT2D eigenvalue weighted by Gasteiger charge is 2.37. The van der Waals surface area contributed by atoms with Crippen molar-refractivity contribution in [2.75, 3.05) is 13.7 Å². The second-order valence-electron chi connectivity index (χ2n) is 3.57. The normalized spacial score (nSPS) is 28.9. The van der Waals surface area contributed by atoms with E-state index in [0.29, 0.717) is 19.3 Å². The maximum absolute atomic E-state index is 11.3. The average molecular weight is 186 g/mol. The lowest BCUT2D eigenvalue weighted by Crippen LogP contribution is -2.33. The average Bonchev–Trinajstić information content (AvgIpc) is 2.28. The molecule has 0 amide bonds. The molecule has 0 spiro atoms. The predicted molar refractivity (Wildman–Crippen MR) is 44.9 cm³/mol. The highest BCUT2D eigenvalue weighted by atomic mass is 16.5. The topological polar surface area (TPSA) is 52.6 Å². The molecule has 0 aromatic rings. The van der Waals surface area contributed by atoms with Gasteiger partial charge in [0.2, 0.25) is 0 Å². The molecule has 4 nitrogen and oxygen atoms in total. The van der Waals surface area contributed by atoms with Crippen molar-refractivity contribution in [2.45, 2.75) is 26.2 Å². The van der Waals surface area contributed by atoms with Crippen molar-refractivity contribution in [3.05, 3.63) is 0 Å². The summed E-state index contributed by atoms with van der Waals surface area (Å²) in [6.07, 6.45) is 1.72. The summed E-state index contributed by atoms with van der Waals surface area (Å²) in [7, 11) is 1.35. The van der Waals surface area contributed by atoms with Gasteiger partial charge in [0.05, 0.1) is 12.5 Å². The molecule has 1 aliphatic heterocycles. The maximum atomic E-state index is 11.3. The van der Waals surface area contributed by atoms with Gasteiger partial charge < -0.3 is 9.47 Å². The first-order chi connectivity index (χ1) is 6.08. The third-order valence-corrected chi connectivity index (χ3v) is 2.34. The lowest BCUT2D eigenvalue weighted by atomic mass is 9.86. The molecule has 1 fully saturated rings. The number of hydrogen-bond acceptors (Lipinski definition) is 4. The molecule has 1 rings (SSSR count). The largest absolute Gasteiger partial charge is 0.469 e. The van der Waals surface area contributed by atoms with Crippen LogP contribution in [0, 0.1) is 5.41 Å². The zero-order chi connectivity index (χ0) is 9.90. The predicted octanol–water partition coefficient (Wildman–Crippen LogP) is 0.893. The highest BCUT2D eigenvalue weighted by Crippen LogP contribution is 2.29. The second-order valence-corrected chi connectivity index (χ2v) is 3.57. The molecule has 13 heavy (non-hydrogen) atoms. The minimum atomic E-state index is -0.652. The van der Waals surface area contributed by atoms with E-state index < -0.39 is 5.41 Å². The lowest BCUT2D eigenvalue weighted by molar-refractivity contribution is -0.158. The van der Waals surface area contributed by atoms with Crippen LogP contribution in [0.1, 0.15) is 26.2 Å². The van der Waals surface area contributed by atoms with Gasteiger partial charge in [0.25, 0.3) is 0 Å². The molecule has 1 aliphatic rings. The number of carbonyl (C=O) groups is 2. The van der Waals surface area contributed by atoms with E-state index in [1.807, 2.05) is 0 Å². The number of ether oxygens (including phenoxy) is 2. The van der Waals surface area contributed by atoms with Crippen molar-refractivity contribution in [1.82, 2.24) is 0 Å². The van der Waals surface area contributed by atoms with Crippen molar-refractivity contribution in [3.63, 3.8) is 0 Å². The van der Waals surface area contributed by atoms with Crippen molar-refractivity contribution in [2.24, 2.45) is 5.41 Å². The van der Waals surface area contributed by atoms with Crippen LogP contribution < -0.4 is 0 Å². The van der Waals surface area contributed by atoms with Crippen molar-refractivity contribution in [3.8, 4) is 0 Å². The Bertz CT molecular complexity index is 224. The molecule has 1 atom stereocenters. The molecule has 0 radical (unpaired) electrons. The van der Waals surface area contributed by atoms with Crippen LogP contribution in [0.25, 0.3) is 0 Å². The van der Waals surface area contributed by atoms with Crippen LogP contribution in [0.4, 0.5) is 0 Å². The smallest absolute Gasteiger partial charge is 0.314 e. The van der Waals surface area contributed by atoms with E-state index in [1.165, 1.54) is 7.11 Å². The van der Waals surface area contributed by atoms with Crippen LogP contribution in [0.3, 0.4) is 0 Å². The van der Waals surface area contributed by atoms with Crippen molar-refractivity contribution < 1.29 is 19.1 Å². The Labute approximate surface area is 77.2 Å². The molecule has 0 aliphatic carbocycles. The minimum absolute atomic E-state index is 0.137.